The predicted octanol–water partition coefficient (Wildman–Crippen LogP) is 1.86. The Morgan fingerprint density at radius 3 is 2.48 bits per heavy atom. The van der Waals surface area contributed by atoms with Gasteiger partial charge in [0.25, 0.3) is 11.5 Å². The summed E-state index contributed by atoms with van der Waals surface area (Å²) in [6, 6.07) is 3.71. The number of hydrogen-bond donors (Lipinski definition) is 1. The smallest absolute Gasteiger partial charge is 0.317 e. The van der Waals surface area contributed by atoms with Crippen molar-refractivity contribution in [3.05, 3.63) is 34.4 Å². The molecule has 2 aliphatic rings. The first-order valence-electron chi connectivity index (χ1n) is 11.1. The van der Waals surface area contributed by atoms with Crippen LogP contribution in [0, 0.1) is 5.92 Å². The van der Waals surface area contributed by atoms with Crippen LogP contribution >= 0.6 is 0 Å². The Balaban J connectivity index is 1.49. The quantitative estimate of drug-likeness (QED) is 0.804. The van der Waals surface area contributed by atoms with Gasteiger partial charge in [0.05, 0.1) is 0 Å². The number of nitrogens with one attached hydrogen (secondary N) is 1. The molecule has 3 heterocycles. The second-order valence-electron chi connectivity index (χ2n) is 8.83. The number of nitrogens with zero attached hydrogens (tertiary/aromatic N) is 5. The van der Waals surface area contributed by atoms with E-state index in [0.29, 0.717) is 43.9 Å². The van der Waals surface area contributed by atoms with E-state index in [1.54, 1.807) is 32.7 Å². The summed E-state index contributed by atoms with van der Waals surface area (Å²) in [5.41, 5.74) is 0.531. The van der Waals surface area contributed by atoms with Gasteiger partial charge in [0.15, 0.2) is 11.3 Å². The van der Waals surface area contributed by atoms with Gasteiger partial charge in [-0.15, -0.1) is 0 Å². The van der Waals surface area contributed by atoms with Crippen LogP contribution in [0.15, 0.2) is 23.1 Å². The van der Waals surface area contributed by atoms with Gasteiger partial charge in [0.1, 0.15) is 5.52 Å². The van der Waals surface area contributed by atoms with E-state index in [0.717, 1.165) is 25.7 Å². The highest BCUT2D eigenvalue weighted by Gasteiger charge is 2.29. The van der Waals surface area contributed by atoms with Gasteiger partial charge in [-0.1, -0.05) is 26.7 Å². The molecule has 0 bridgehead atoms. The molecule has 0 atom stereocenters. The first-order valence-corrected chi connectivity index (χ1v) is 11.1. The Morgan fingerprint density at radius 1 is 1.13 bits per heavy atom. The Hall–Kier alpha value is -2.97. The molecule has 0 radical (unpaired) electrons. The molecule has 0 spiro atoms. The summed E-state index contributed by atoms with van der Waals surface area (Å²) >= 11 is 0. The number of urea groups is 1. The number of amides is 3. The van der Waals surface area contributed by atoms with Crippen LogP contribution in [-0.2, 0) is 6.54 Å². The number of piperazine rings is 1. The van der Waals surface area contributed by atoms with Crippen molar-refractivity contribution < 1.29 is 9.59 Å². The normalized spacial score (nSPS) is 17.5. The lowest BCUT2D eigenvalue weighted by Gasteiger charge is -2.35. The monoisotopic (exact) mass is 426 g/mol. The van der Waals surface area contributed by atoms with Gasteiger partial charge < -0.3 is 15.1 Å². The third-order valence-electron chi connectivity index (χ3n) is 5.99. The van der Waals surface area contributed by atoms with Crippen molar-refractivity contribution in [3.63, 3.8) is 0 Å². The van der Waals surface area contributed by atoms with Crippen LogP contribution < -0.4 is 10.9 Å². The van der Waals surface area contributed by atoms with Gasteiger partial charge in [-0.05, 0) is 30.9 Å². The molecule has 1 saturated carbocycles. The molecule has 0 aromatic carbocycles. The third kappa shape index (κ3) is 4.55. The van der Waals surface area contributed by atoms with Crippen LogP contribution in [0.4, 0.5) is 4.79 Å². The summed E-state index contributed by atoms with van der Waals surface area (Å²) in [6.45, 7) is 6.14. The van der Waals surface area contributed by atoms with Gasteiger partial charge in [0, 0.05) is 45.0 Å². The molecule has 9 nitrogen and oxygen atoms in total. The number of carbonyl (C=O) groups is 2. The summed E-state index contributed by atoms with van der Waals surface area (Å²) in [4.78, 5) is 50.8. The van der Waals surface area contributed by atoms with Crippen LogP contribution in [0.25, 0.3) is 11.2 Å². The van der Waals surface area contributed by atoms with Crippen molar-refractivity contribution >= 4 is 23.1 Å². The van der Waals surface area contributed by atoms with E-state index in [1.807, 2.05) is 13.8 Å². The maximum Gasteiger partial charge on any atom is 0.317 e. The van der Waals surface area contributed by atoms with Crippen molar-refractivity contribution in [2.75, 3.05) is 26.2 Å². The standard InChI is InChI=1S/C22H30N6O3/c1-15(2)14-28-19-17(8-5-9-23-19)25-18(21(28)30)20(29)26-10-12-27(13-11-26)22(31)24-16-6-3-4-7-16/h5,8-9,15-16H,3-4,6-7,10-14H2,1-2H3,(H,24,31). The molecule has 1 aliphatic carbocycles. The van der Waals surface area contributed by atoms with E-state index in [1.165, 1.54) is 0 Å². The number of hydrogen-bond acceptors (Lipinski definition) is 5. The van der Waals surface area contributed by atoms with Gasteiger partial charge in [-0.25, -0.2) is 14.8 Å². The second kappa shape index (κ2) is 9.03. The van der Waals surface area contributed by atoms with E-state index in [9.17, 15) is 14.4 Å². The molecular weight excluding hydrogens is 396 g/mol. The van der Waals surface area contributed by atoms with Crippen LogP contribution in [-0.4, -0.2) is 68.5 Å². The number of aromatic nitrogens is 3. The molecule has 1 N–H and O–H groups in total. The fraction of sp³-hybridized carbons (Fsp3) is 0.591. The average molecular weight is 427 g/mol. The highest BCUT2D eigenvalue weighted by atomic mass is 16.2. The predicted molar refractivity (Wildman–Crippen MR) is 117 cm³/mol. The van der Waals surface area contributed by atoms with Gasteiger partial charge in [-0.2, -0.15) is 0 Å². The molecule has 3 amide bonds. The zero-order valence-electron chi connectivity index (χ0n) is 18.2. The van der Waals surface area contributed by atoms with Crippen molar-refractivity contribution in [2.24, 2.45) is 5.92 Å². The Labute approximate surface area is 181 Å². The maximum atomic E-state index is 13.2. The first-order chi connectivity index (χ1) is 14.9. The molecule has 2 aromatic rings. The van der Waals surface area contributed by atoms with E-state index < -0.39 is 5.56 Å². The molecular formula is C22H30N6O3. The maximum absolute atomic E-state index is 13.2. The lowest BCUT2D eigenvalue weighted by Crippen LogP contribution is -2.55. The van der Waals surface area contributed by atoms with Crippen LogP contribution in [0.5, 0.6) is 0 Å². The van der Waals surface area contributed by atoms with Gasteiger partial charge in [-0.3, -0.25) is 14.2 Å². The molecule has 166 valence electrons. The lowest BCUT2D eigenvalue weighted by molar-refractivity contribution is 0.0655. The zero-order valence-corrected chi connectivity index (χ0v) is 18.2. The fourth-order valence-corrected chi connectivity index (χ4v) is 4.35. The van der Waals surface area contributed by atoms with E-state index in [-0.39, 0.29) is 29.6 Å². The van der Waals surface area contributed by atoms with Crippen LogP contribution in [0.3, 0.4) is 0 Å². The number of carbonyl (C=O) groups excluding carboxylic acids is 2. The molecule has 0 unspecified atom stereocenters. The van der Waals surface area contributed by atoms with E-state index >= 15 is 0 Å². The minimum Gasteiger partial charge on any atom is -0.335 e. The SMILES string of the molecule is CC(C)Cn1c(=O)c(C(=O)N2CCN(C(=O)NC3CCCC3)CC2)nc2cccnc21. The molecule has 1 aliphatic heterocycles. The van der Waals surface area contributed by atoms with Crippen molar-refractivity contribution in [2.45, 2.75) is 52.1 Å². The van der Waals surface area contributed by atoms with Crippen molar-refractivity contribution in [1.29, 1.82) is 0 Å². The van der Waals surface area contributed by atoms with Crippen LogP contribution in [0.1, 0.15) is 50.0 Å². The number of pyridine rings is 1. The zero-order chi connectivity index (χ0) is 22.0. The average Bonchev–Trinajstić information content (AvgIpc) is 3.28. The summed E-state index contributed by atoms with van der Waals surface area (Å²) < 4.78 is 1.55. The summed E-state index contributed by atoms with van der Waals surface area (Å²) in [6.07, 6.45) is 6.02. The lowest BCUT2D eigenvalue weighted by atomic mass is 10.2. The topological polar surface area (TPSA) is 100 Å². The highest BCUT2D eigenvalue weighted by Crippen LogP contribution is 2.18. The molecule has 4 rings (SSSR count). The largest absolute Gasteiger partial charge is 0.335 e. The van der Waals surface area contributed by atoms with Crippen molar-refractivity contribution in [1.82, 2.24) is 29.7 Å². The minimum absolute atomic E-state index is 0.0619. The molecule has 1 saturated heterocycles. The Bertz CT molecular complexity index is 1020. The summed E-state index contributed by atoms with van der Waals surface area (Å²) in [5.74, 6) is -0.167. The summed E-state index contributed by atoms with van der Waals surface area (Å²) in [7, 11) is 0. The highest BCUT2D eigenvalue weighted by molar-refractivity contribution is 5.93. The van der Waals surface area contributed by atoms with Gasteiger partial charge in [0.2, 0.25) is 0 Å². The fourth-order valence-electron chi connectivity index (χ4n) is 4.35. The Kier molecular flexibility index (Phi) is 6.20. The number of rotatable bonds is 4. The van der Waals surface area contributed by atoms with E-state index in [4.69, 9.17) is 0 Å². The van der Waals surface area contributed by atoms with Gasteiger partial charge >= 0.3 is 6.03 Å². The second-order valence-corrected chi connectivity index (χ2v) is 8.83. The summed E-state index contributed by atoms with van der Waals surface area (Å²) in [5, 5.41) is 3.09. The van der Waals surface area contributed by atoms with Crippen molar-refractivity contribution in [3.8, 4) is 0 Å². The van der Waals surface area contributed by atoms with Crippen LogP contribution in [0.2, 0.25) is 0 Å². The first kappa shape index (κ1) is 21.3. The third-order valence-corrected chi connectivity index (χ3v) is 5.99. The number of fused-ring (bicyclic) bond motifs is 1. The Morgan fingerprint density at radius 2 is 1.81 bits per heavy atom. The molecule has 9 heteroatoms. The molecule has 31 heavy (non-hydrogen) atoms. The minimum atomic E-state index is -0.411. The molecule has 2 fully saturated rings. The van der Waals surface area contributed by atoms with E-state index in [2.05, 4.69) is 15.3 Å². The molecule has 2 aromatic heterocycles.